The van der Waals surface area contributed by atoms with E-state index in [1.807, 2.05) is 6.92 Å². The van der Waals surface area contributed by atoms with Gasteiger partial charge >= 0.3 is 11.7 Å². The fourth-order valence-electron chi connectivity index (χ4n) is 1.42. The molecule has 0 bridgehead atoms. The molecule has 1 nitrogen and oxygen atoms in total. The number of rotatable bonds is 7. The van der Waals surface area contributed by atoms with Crippen molar-refractivity contribution in [3.05, 3.63) is 6.92 Å². The van der Waals surface area contributed by atoms with Crippen LogP contribution in [0, 0.1) is 12.8 Å². The van der Waals surface area contributed by atoms with Gasteiger partial charge in [0.2, 0.25) is 5.25 Å². The lowest BCUT2D eigenvalue weighted by Gasteiger charge is -2.11. The molecule has 0 aromatic carbocycles. The van der Waals surface area contributed by atoms with Gasteiger partial charge in [-0.2, -0.15) is 0 Å². The van der Waals surface area contributed by atoms with Crippen LogP contribution in [-0.2, 0) is 15.9 Å². The first-order valence-electron chi connectivity index (χ1n) is 4.84. The van der Waals surface area contributed by atoms with Crippen molar-refractivity contribution >= 4 is 11.7 Å². The van der Waals surface area contributed by atoms with Gasteiger partial charge in [0.15, 0.2) is 0 Å². The molecule has 0 rings (SSSR count). The van der Waals surface area contributed by atoms with Gasteiger partial charge in [-0.15, -0.1) is 0 Å². The predicted molar refractivity (Wildman–Crippen MR) is 55.1 cm³/mol. The maximum absolute atomic E-state index is 10.6. The maximum atomic E-state index is 10.6. The van der Waals surface area contributed by atoms with Crippen LogP contribution in [0.25, 0.3) is 0 Å². The molecule has 71 valence electrons. The Hall–Kier alpha value is 0.0200. The topological polar surface area (TPSA) is 17.1 Å². The van der Waals surface area contributed by atoms with Crippen molar-refractivity contribution in [1.29, 1.82) is 0 Å². The molecule has 0 fully saturated rings. The minimum atomic E-state index is 0.262. The van der Waals surface area contributed by atoms with E-state index >= 15 is 0 Å². The molecule has 0 aromatic heterocycles. The summed E-state index contributed by atoms with van der Waals surface area (Å²) in [6.07, 6.45) is 5.73. The molecule has 2 heteroatoms. The molecule has 0 aliphatic rings. The van der Waals surface area contributed by atoms with E-state index < -0.39 is 0 Å². The molecule has 0 aromatic rings. The minimum Gasteiger partial charge on any atom is -0.0654 e. The van der Waals surface area contributed by atoms with Crippen molar-refractivity contribution in [3.63, 3.8) is 0 Å². The average molecular weight is 188 g/mol. The summed E-state index contributed by atoms with van der Waals surface area (Å²) in [4.78, 5) is 0. The van der Waals surface area contributed by atoms with Gasteiger partial charge in [0, 0.05) is 10.1 Å². The van der Waals surface area contributed by atoms with Crippen LogP contribution in [0.2, 0.25) is 0 Å². The second-order valence-corrected chi connectivity index (χ2v) is 4.28. The summed E-state index contributed by atoms with van der Waals surface area (Å²) in [5.74, 6) is 0.588. The summed E-state index contributed by atoms with van der Waals surface area (Å²) < 4.78 is 10.6. The van der Waals surface area contributed by atoms with Gasteiger partial charge in [-0.1, -0.05) is 33.1 Å². The predicted octanol–water partition coefficient (Wildman–Crippen LogP) is 3.22. The van der Waals surface area contributed by atoms with Gasteiger partial charge in [-0.3, -0.25) is 0 Å². The van der Waals surface area contributed by atoms with Crippen LogP contribution in [0.3, 0.4) is 0 Å². The Balaban J connectivity index is 3.75. The van der Waals surface area contributed by atoms with Crippen LogP contribution in [0.15, 0.2) is 0 Å². The molecule has 0 saturated heterocycles. The first-order valence-corrected chi connectivity index (χ1v) is 5.64. The second kappa shape index (κ2) is 7.66. The zero-order valence-electron chi connectivity index (χ0n) is 8.21. The van der Waals surface area contributed by atoms with Crippen LogP contribution in [-0.4, -0.2) is 5.25 Å². The fourth-order valence-corrected chi connectivity index (χ4v) is 1.85. The van der Waals surface area contributed by atoms with E-state index in [0.717, 1.165) is 24.5 Å². The van der Waals surface area contributed by atoms with Crippen molar-refractivity contribution < 1.29 is 4.21 Å². The third-order valence-corrected chi connectivity index (χ3v) is 3.01. The highest BCUT2D eigenvalue weighted by molar-refractivity contribution is 7.66. The van der Waals surface area contributed by atoms with Gasteiger partial charge in [0.1, 0.15) is 0 Å². The van der Waals surface area contributed by atoms with Crippen molar-refractivity contribution in [1.82, 2.24) is 0 Å². The molecule has 2 atom stereocenters. The quantitative estimate of drug-likeness (QED) is 0.561. The van der Waals surface area contributed by atoms with Crippen molar-refractivity contribution in [2.45, 2.75) is 51.2 Å². The van der Waals surface area contributed by atoms with Gasteiger partial charge in [0.25, 0.3) is 0 Å². The van der Waals surface area contributed by atoms with E-state index in [0.29, 0.717) is 5.92 Å². The SMILES string of the molecule is [CH2]CCC(CCCC)C(C)[S+]=O. The van der Waals surface area contributed by atoms with E-state index in [2.05, 4.69) is 13.8 Å². The number of hydrogen-bond acceptors (Lipinski definition) is 1. The van der Waals surface area contributed by atoms with Gasteiger partial charge in [-0.05, 0) is 19.8 Å². The molecule has 0 spiro atoms. The molecular formula is C10H20OS+. The first kappa shape index (κ1) is 12.0. The second-order valence-electron chi connectivity index (χ2n) is 3.35. The summed E-state index contributed by atoms with van der Waals surface area (Å²) in [5, 5.41) is 0.262. The van der Waals surface area contributed by atoms with Crippen LogP contribution >= 0.6 is 0 Å². The Bertz CT molecular complexity index is 114. The summed E-state index contributed by atoms with van der Waals surface area (Å²) in [5.41, 5.74) is 0. The Morgan fingerprint density at radius 1 is 1.42 bits per heavy atom. The van der Waals surface area contributed by atoms with Crippen LogP contribution in [0.5, 0.6) is 0 Å². The highest BCUT2D eigenvalue weighted by atomic mass is 32.1. The highest BCUT2D eigenvalue weighted by Gasteiger charge is 2.25. The standard InChI is InChI=1S/C10H20OS/c1-4-6-8-10(7-5-2)9(3)12-11/h9-10H,2,4-8H2,1,3H3/q+1. The van der Waals surface area contributed by atoms with E-state index in [1.54, 1.807) is 0 Å². The Kier molecular flexibility index (Phi) is 7.67. The van der Waals surface area contributed by atoms with E-state index in [9.17, 15) is 4.21 Å². The van der Waals surface area contributed by atoms with E-state index in [4.69, 9.17) is 0 Å². The van der Waals surface area contributed by atoms with Crippen LogP contribution in [0.4, 0.5) is 0 Å². The number of hydrogen-bond donors (Lipinski definition) is 0. The Labute approximate surface area is 80.4 Å². The molecule has 0 aliphatic heterocycles. The molecule has 1 radical (unpaired) electrons. The third kappa shape index (κ3) is 4.81. The lowest BCUT2D eigenvalue weighted by atomic mass is 9.94. The summed E-state index contributed by atoms with van der Waals surface area (Å²) in [7, 11) is 0. The lowest BCUT2D eigenvalue weighted by Crippen LogP contribution is -2.15. The van der Waals surface area contributed by atoms with E-state index in [1.165, 1.54) is 19.3 Å². The van der Waals surface area contributed by atoms with Gasteiger partial charge < -0.3 is 0 Å². The molecule has 2 unspecified atom stereocenters. The Morgan fingerprint density at radius 2 is 2.08 bits per heavy atom. The van der Waals surface area contributed by atoms with Gasteiger partial charge in [0.05, 0.1) is 0 Å². The molecule has 0 aliphatic carbocycles. The molecule has 0 amide bonds. The van der Waals surface area contributed by atoms with Crippen LogP contribution in [0.1, 0.15) is 46.0 Å². The fraction of sp³-hybridized carbons (Fsp3) is 0.900. The first-order chi connectivity index (χ1) is 5.76. The van der Waals surface area contributed by atoms with E-state index in [-0.39, 0.29) is 5.25 Å². The van der Waals surface area contributed by atoms with Crippen molar-refractivity contribution in [2.75, 3.05) is 0 Å². The normalized spacial score (nSPS) is 15.6. The highest BCUT2D eigenvalue weighted by Crippen LogP contribution is 2.19. The average Bonchev–Trinajstić information content (AvgIpc) is 2.11. The van der Waals surface area contributed by atoms with Crippen molar-refractivity contribution in [2.24, 2.45) is 5.92 Å². The zero-order valence-corrected chi connectivity index (χ0v) is 9.03. The molecule has 12 heavy (non-hydrogen) atoms. The molecule has 0 N–H and O–H groups in total. The smallest absolute Gasteiger partial charge is 0.0654 e. The summed E-state index contributed by atoms with van der Waals surface area (Å²) in [6.45, 7) is 8.07. The minimum absolute atomic E-state index is 0.262. The van der Waals surface area contributed by atoms with Gasteiger partial charge in [-0.25, -0.2) is 0 Å². The summed E-state index contributed by atoms with van der Waals surface area (Å²) in [6, 6.07) is 0. The van der Waals surface area contributed by atoms with Crippen LogP contribution < -0.4 is 0 Å². The summed E-state index contributed by atoms with van der Waals surface area (Å²) >= 11 is 0.745. The zero-order chi connectivity index (χ0) is 9.40. The Morgan fingerprint density at radius 3 is 2.50 bits per heavy atom. The van der Waals surface area contributed by atoms with Crippen molar-refractivity contribution in [3.8, 4) is 0 Å². The molecule has 0 heterocycles. The third-order valence-electron chi connectivity index (χ3n) is 2.32. The number of unbranched alkanes of at least 4 members (excludes halogenated alkanes) is 1. The monoisotopic (exact) mass is 188 g/mol. The molecule has 0 saturated carbocycles. The molecular weight excluding hydrogens is 168 g/mol. The lowest BCUT2D eigenvalue weighted by molar-refractivity contribution is 0.428. The maximum Gasteiger partial charge on any atom is 0.462 e. The largest absolute Gasteiger partial charge is 0.462 e.